The van der Waals surface area contributed by atoms with E-state index in [1.165, 1.54) is 6.07 Å². The summed E-state index contributed by atoms with van der Waals surface area (Å²) in [6.07, 6.45) is 0. The molecule has 0 aliphatic heterocycles. The van der Waals surface area contributed by atoms with E-state index in [2.05, 4.69) is 4.98 Å². The maximum Gasteiger partial charge on any atom is 0.290 e. The number of pyridine rings is 1. The Bertz CT molecular complexity index is 834. The lowest BCUT2D eigenvalue weighted by molar-refractivity contribution is -0.384. The summed E-state index contributed by atoms with van der Waals surface area (Å²) in [4.78, 5) is 14.7. The Kier molecular flexibility index (Phi) is 2.77. The van der Waals surface area contributed by atoms with Gasteiger partial charge in [-0.1, -0.05) is 29.3 Å². The van der Waals surface area contributed by atoms with E-state index in [-0.39, 0.29) is 10.7 Å². The van der Waals surface area contributed by atoms with Gasteiger partial charge in [0.1, 0.15) is 5.02 Å². The number of nitro groups is 1. The quantitative estimate of drug-likeness (QED) is 0.374. The number of hydrogen-bond donors (Lipinski definition) is 0. The topological polar surface area (TPSA) is 56.0 Å². The second-order valence-electron chi connectivity index (χ2n) is 4.08. The van der Waals surface area contributed by atoms with Crippen LogP contribution in [0.15, 0.2) is 36.4 Å². The van der Waals surface area contributed by atoms with Gasteiger partial charge in [-0.25, -0.2) is 4.98 Å². The fraction of sp³-hybridized carbons (Fsp3) is 0. The number of fused-ring (bicyclic) bond motifs is 2. The third-order valence-corrected chi connectivity index (χ3v) is 3.38. The smallest absolute Gasteiger partial charge is 0.258 e. The number of hydrogen-bond acceptors (Lipinski definition) is 3. The monoisotopic (exact) mass is 292 g/mol. The molecule has 0 saturated carbocycles. The van der Waals surface area contributed by atoms with E-state index in [4.69, 9.17) is 23.2 Å². The molecule has 4 nitrogen and oxygen atoms in total. The van der Waals surface area contributed by atoms with Crippen LogP contribution in [0.3, 0.4) is 0 Å². The number of aromatic nitrogens is 1. The van der Waals surface area contributed by atoms with Crippen molar-refractivity contribution < 1.29 is 4.92 Å². The lowest BCUT2D eigenvalue weighted by Crippen LogP contribution is -1.91. The summed E-state index contributed by atoms with van der Waals surface area (Å²) >= 11 is 11.8. The van der Waals surface area contributed by atoms with Crippen molar-refractivity contribution in [3.63, 3.8) is 0 Å². The van der Waals surface area contributed by atoms with Crippen LogP contribution in [0, 0.1) is 10.1 Å². The van der Waals surface area contributed by atoms with Gasteiger partial charge in [0.05, 0.1) is 16.0 Å². The highest BCUT2D eigenvalue weighted by molar-refractivity contribution is 6.33. The summed E-state index contributed by atoms with van der Waals surface area (Å²) < 4.78 is 0. The van der Waals surface area contributed by atoms with Gasteiger partial charge in [-0.15, -0.1) is 0 Å². The van der Waals surface area contributed by atoms with Crippen molar-refractivity contribution in [2.75, 3.05) is 0 Å². The van der Waals surface area contributed by atoms with Crippen LogP contribution in [0.1, 0.15) is 0 Å². The van der Waals surface area contributed by atoms with Crippen LogP contribution in [-0.2, 0) is 0 Å². The van der Waals surface area contributed by atoms with Gasteiger partial charge in [0.15, 0.2) is 0 Å². The minimum absolute atomic E-state index is 0.104. The largest absolute Gasteiger partial charge is 0.290 e. The average molecular weight is 293 g/mol. The van der Waals surface area contributed by atoms with Crippen molar-refractivity contribution in [3.05, 3.63) is 56.6 Å². The van der Waals surface area contributed by atoms with E-state index >= 15 is 0 Å². The standard InChI is InChI=1S/C13H6Cl2N2O2/c14-9-2-1-7-3-8-4-10(15)13(17(18)19)6-12(8)16-11(7)5-9/h1-6H. The van der Waals surface area contributed by atoms with Gasteiger partial charge >= 0.3 is 0 Å². The first kappa shape index (κ1) is 12.1. The van der Waals surface area contributed by atoms with E-state index in [9.17, 15) is 10.1 Å². The molecule has 6 heteroatoms. The molecule has 0 bridgehead atoms. The van der Waals surface area contributed by atoms with E-state index < -0.39 is 4.92 Å². The minimum Gasteiger partial charge on any atom is -0.258 e. The molecule has 0 aliphatic rings. The molecule has 19 heavy (non-hydrogen) atoms. The van der Waals surface area contributed by atoms with Crippen LogP contribution >= 0.6 is 23.2 Å². The second-order valence-corrected chi connectivity index (χ2v) is 4.92. The van der Waals surface area contributed by atoms with Crippen molar-refractivity contribution in [1.82, 2.24) is 4.98 Å². The molecule has 0 fully saturated rings. The Morgan fingerprint density at radius 1 is 1.00 bits per heavy atom. The number of halogens is 2. The highest BCUT2D eigenvalue weighted by Gasteiger charge is 2.14. The molecule has 1 aromatic heterocycles. The van der Waals surface area contributed by atoms with E-state index in [0.717, 1.165) is 10.8 Å². The van der Waals surface area contributed by atoms with Gasteiger partial charge in [-0.2, -0.15) is 0 Å². The molecule has 0 saturated heterocycles. The Hall–Kier alpha value is -1.91. The van der Waals surface area contributed by atoms with Gasteiger partial charge < -0.3 is 0 Å². The lowest BCUT2D eigenvalue weighted by Gasteiger charge is -2.03. The van der Waals surface area contributed by atoms with Crippen molar-refractivity contribution >= 4 is 50.7 Å². The van der Waals surface area contributed by atoms with Crippen molar-refractivity contribution in [1.29, 1.82) is 0 Å². The molecule has 0 amide bonds. The molecule has 0 N–H and O–H groups in total. The predicted molar refractivity (Wildman–Crippen MR) is 75.9 cm³/mol. The second kappa shape index (κ2) is 4.33. The molecule has 3 rings (SSSR count). The SMILES string of the molecule is O=[N+]([O-])c1cc2nc3cc(Cl)ccc3cc2cc1Cl. The number of nitro benzene ring substituents is 1. The average Bonchev–Trinajstić information content (AvgIpc) is 2.35. The third-order valence-electron chi connectivity index (χ3n) is 2.84. The normalized spacial score (nSPS) is 11.1. The van der Waals surface area contributed by atoms with Crippen LogP contribution in [0.4, 0.5) is 5.69 Å². The molecule has 0 aliphatic carbocycles. The van der Waals surface area contributed by atoms with Crippen molar-refractivity contribution in [2.24, 2.45) is 0 Å². The van der Waals surface area contributed by atoms with Gasteiger partial charge in [0.25, 0.3) is 5.69 Å². The lowest BCUT2D eigenvalue weighted by atomic mass is 10.1. The summed E-state index contributed by atoms with van der Waals surface area (Å²) in [6, 6.07) is 10.1. The summed E-state index contributed by atoms with van der Waals surface area (Å²) in [5, 5.41) is 13.2. The fourth-order valence-electron chi connectivity index (χ4n) is 1.95. The molecule has 0 radical (unpaired) electrons. The molecule has 0 atom stereocenters. The fourth-order valence-corrected chi connectivity index (χ4v) is 2.36. The van der Waals surface area contributed by atoms with E-state index in [0.29, 0.717) is 16.1 Å². The van der Waals surface area contributed by atoms with Gasteiger partial charge in [-0.3, -0.25) is 10.1 Å². The Balaban J connectivity index is 2.38. The number of nitrogens with zero attached hydrogens (tertiary/aromatic N) is 2. The molecular weight excluding hydrogens is 287 g/mol. The summed E-state index contributed by atoms with van der Waals surface area (Å²) in [5.41, 5.74) is 1.06. The maximum absolute atomic E-state index is 10.9. The first-order chi connectivity index (χ1) is 9.04. The first-order valence-corrected chi connectivity index (χ1v) is 6.14. The highest BCUT2D eigenvalue weighted by Crippen LogP contribution is 2.31. The van der Waals surface area contributed by atoms with Crippen LogP contribution in [-0.4, -0.2) is 9.91 Å². The van der Waals surface area contributed by atoms with Gasteiger partial charge in [-0.05, 0) is 24.3 Å². The zero-order valence-corrected chi connectivity index (χ0v) is 10.9. The maximum atomic E-state index is 10.9. The van der Waals surface area contributed by atoms with Crippen LogP contribution in [0.25, 0.3) is 21.8 Å². The summed E-state index contributed by atoms with van der Waals surface area (Å²) in [6.45, 7) is 0. The Labute approximate surface area is 117 Å². The van der Waals surface area contributed by atoms with Crippen LogP contribution in [0.5, 0.6) is 0 Å². The molecular formula is C13H6Cl2N2O2. The minimum atomic E-state index is -0.522. The first-order valence-electron chi connectivity index (χ1n) is 5.38. The molecule has 0 spiro atoms. The zero-order valence-electron chi connectivity index (χ0n) is 9.43. The third kappa shape index (κ3) is 2.09. The highest BCUT2D eigenvalue weighted by atomic mass is 35.5. The molecule has 3 aromatic rings. The van der Waals surface area contributed by atoms with Crippen LogP contribution in [0.2, 0.25) is 10.0 Å². The molecule has 0 unspecified atom stereocenters. The van der Waals surface area contributed by atoms with Crippen molar-refractivity contribution in [3.8, 4) is 0 Å². The molecule has 94 valence electrons. The van der Waals surface area contributed by atoms with Gasteiger partial charge in [0, 0.05) is 21.9 Å². The Morgan fingerprint density at radius 2 is 1.74 bits per heavy atom. The number of rotatable bonds is 1. The van der Waals surface area contributed by atoms with Gasteiger partial charge in [0.2, 0.25) is 0 Å². The van der Waals surface area contributed by atoms with E-state index in [1.54, 1.807) is 18.2 Å². The van der Waals surface area contributed by atoms with Crippen molar-refractivity contribution in [2.45, 2.75) is 0 Å². The Morgan fingerprint density at radius 3 is 2.47 bits per heavy atom. The zero-order chi connectivity index (χ0) is 13.6. The molecule has 1 heterocycles. The number of benzene rings is 2. The summed E-state index contributed by atoms with van der Waals surface area (Å²) in [5.74, 6) is 0. The van der Waals surface area contributed by atoms with Crippen LogP contribution < -0.4 is 0 Å². The summed E-state index contributed by atoms with van der Waals surface area (Å²) in [7, 11) is 0. The van der Waals surface area contributed by atoms with E-state index in [1.807, 2.05) is 12.1 Å². The predicted octanol–water partition coefficient (Wildman–Crippen LogP) is 4.60. The molecule has 2 aromatic carbocycles.